The Labute approximate surface area is 149 Å². The first-order chi connectivity index (χ1) is 11.8. The van der Waals surface area contributed by atoms with Gasteiger partial charge in [0.25, 0.3) is 0 Å². The van der Waals surface area contributed by atoms with Gasteiger partial charge in [0.1, 0.15) is 0 Å². The van der Waals surface area contributed by atoms with Crippen molar-refractivity contribution in [2.75, 3.05) is 19.5 Å². The minimum absolute atomic E-state index is 0.538. The largest absolute Gasteiger partial charge is 0.493 e. The Morgan fingerprint density at radius 1 is 1.08 bits per heavy atom. The first-order valence-electron chi connectivity index (χ1n) is 7.33. The van der Waals surface area contributed by atoms with Gasteiger partial charge in [-0.3, -0.25) is 5.10 Å². The molecule has 1 heterocycles. The molecule has 24 heavy (non-hydrogen) atoms. The van der Waals surface area contributed by atoms with Crippen molar-refractivity contribution in [3.63, 3.8) is 0 Å². The van der Waals surface area contributed by atoms with E-state index in [1.54, 1.807) is 7.11 Å². The molecular formula is C17H16ClN3O2S. The minimum Gasteiger partial charge on any atom is -0.493 e. The average molecular weight is 362 g/mol. The van der Waals surface area contributed by atoms with E-state index in [9.17, 15) is 0 Å². The summed E-state index contributed by atoms with van der Waals surface area (Å²) in [6, 6.07) is 15.0. The number of rotatable bonds is 7. The highest BCUT2D eigenvalue weighted by atomic mass is 35.5. The zero-order chi connectivity index (χ0) is 16.8. The van der Waals surface area contributed by atoms with Crippen molar-refractivity contribution in [1.29, 1.82) is 0 Å². The summed E-state index contributed by atoms with van der Waals surface area (Å²) < 4.78 is 11.0. The third kappa shape index (κ3) is 4.21. The zero-order valence-electron chi connectivity index (χ0n) is 13.0. The van der Waals surface area contributed by atoms with Gasteiger partial charge in [-0.25, -0.2) is 4.98 Å². The van der Waals surface area contributed by atoms with Gasteiger partial charge in [0.2, 0.25) is 5.16 Å². The van der Waals surface area contributed by atoms with Gasteiger partial charge in [0, 0.05) is 16.3 Å². The molecule has 0 spiro atoms. The van der Waals surface area contributed by atoms with Gasteiger partial charge in [-0.1, -0.05) is 35.5 Å². The molecule has 7 heteroatoms. The van der Waals surface area contributed by atoms with Crippen LogP contribution in [0.4, 0.5) is 0 Å². The second-order valence-electron chi connectivity index (χ2n) is 4.82. The molecule has 0 fully saturated rings. The number of aromatic nitrogens is 3. The summed E-state index contributed by atoms with van der Waals surface area (Å²) >= 11 is 7.41. The van der Waals surface area contributed by atoms with Crippen molar-refractivity contribution in [2.24, 2.45) is 0 Å². The van der Waals surface area contributed by atoms with Crippen molar-refractivity contribution in [3.8, 4) is 22.9 Å². The maximum Gasteiger partial charge on any atom is 0.208 e. The van der Waals surface area contributed by atoms with Gasteiger partial charge in [-0.15, -0.1) is 5.10 Å². The molecule has 0 unspecified atom stereocenters. The fraction of sp³-hybridized carbons (Fsp3) is 0.176. The molecule has 0 radical (unpaired) electrons. The molecule has 0 bridgehead atoms. The molecule has 0 saturated carbocycles. The third-order valence-corrected chi connectivity index (χ3v) is 4.29. The highest BCUT2D eigenvalue weighted by molar-refractivity contribution is 7.99. The Balaban J connectivity index is 1.52. The summed E-state index contributed by atoms with van der Waals surface area (Å²) in [6.07, 6.45) is 0. The summed E-state index contributed by atoms with van der Waals surface area (Å²) in [6.45, 7) is 0.538. The molecule has 3 aromatic rings. The van der Waals surface area contributed by atoms with E-state index >= 15 is 0 Å². The fourth-order valence-corrected chi connectivity index (χ4v) is 2.81. The molecular weight excluding hydrogens is 346 g/mol. The number of methoxy groups -OCH3 is 1. The van der Waals surface area contributed by atoms with Crippen molar-refractivity contribution in [1.82, 2.24) is 15.2 Å². The van der Waals surface area contributed by atoms with Crippen LogP contribution < -0.4 is 9.47 Å². The lowest BCUT2D eigenvalue weighted by Gasteiger charge is -2.09. The van der Waals surface area contributed by atoms with Crippen LogP contribution in [-0.2, 0) is 0 Å². The number of halogens is 1. The van der Waals surface area contributed by atoms with E-state index in [0.717, 1.165) is 28.6 Å². The van der Waals surface area contributed by atoms with Gasteiger partial charge < -0.3 is 9.47 Å². The quantitative estimate of drug-likeness (QED) is 0.502. The highest BCUT2D eigenvalue weighted by Gasteiger charge is 2.07. The lowest BCUT2D eigenvalue weighted by Crippen LogP contribution is -2.01. The lowest BCUT2D eigenvalue weighted by molar-refractivity contribution is 0.313. The van der Waals surface area contributed by atoms with Gasteiger partial charge in [0.15, 0.2) is 17.3 Å². The summed E-state index contributed by atoms with van der Waals surface area (Å²) in [5, 5.41) is 8.52. The summed E-state index contributed by atoms with van der Waals surface area (Å²) in [7, 11) is 1.63. The number of hydrogen-bond acceptors (Lipinski definition) is 5. The average Bonchev–Trinajstić information content (AvgIpc) is 3.08. The predicted molar refractivity (Wildman–Crippen MR) is 96.0 cm³/mol. The second-order valence-corrected chi connectivity index (χ2v) is 6.32. The molecule has 124 valence electrons. The first-order valence-corrected chi connectivity index (χ1v) is 8.69. The first kappa shape index (κ1) is 16.7. The Bertz CT molecular complexity index is 793. The molecule has 3 rings (SSSR count). The number of thioether (sulfide) groups is 1. The van der Waals surface area contributed by atoms with E-state index in [0.29, 0.717) is 16.8 Å². The van der Waals surface area contributed by atoms with Crippen LogP contribution in [0, 0.1) is 0 Å². The molecule has 0 saturated heterocycles. The number of hydrogen-bond donors (Lipinski definition) is 1. The van der Waals surface area contributed by atoms with Crippen LogP contribution >= 0.6 is 23.4 Å². The molecule has 1 N–H and O–H groups in total. The van der Waals surface area contributed by atoms with Crippen molar-refractivity contribution < 1.29 is 9.47 Å². The second kappa shape index (κ2) is 8.08. The number of para-hydroxylation sites is 2. The van der Waals surface area contributed by atoms with Crippen molar-refractivity contribution >= 4 is 23.4 Å². The lowest BCUT2D eigenvalue weighted by atomic mass is 10.2. The SMILES string of the molecule is COc1ccccc1OCCSc1n[nH]c(-c2ccc(Cl)cc2)n1. The van der Waals surface area contributed by atoms with Crippen LogP contribution in [0.25, 0.3) is 11.4 Å². The fourth-order valence-electron chi connectivity index (χ4n) is 2.07. The maximum atomic E-state index is 5.89. The molecule has 1 aromatic heterocycles. The monoisotopic (exact) mass is 361 g/mol. The van der Waals surface area contributed by atoms with E-state index in [4.69, 9.17) is 21.1 Å². The molecule has 0 atom stereocenters. The van der Waals surface area contributed by atoms with Gasteiger partial charge in [0.05, 0.1) is 13.7 Å². The Hall–Kier alpha value is -2.18. The Morgan fingerprint density at radius 2 is 1.83 bits per heavy atom. The molecule has 0 aliphatic carbocycles. The summed E-state index contributed by atoms with van der Waals surface area (Å²) in [5.41, 5.74) is 0.948. The summed E-state index contributed by atoms with van der Waals surface area (Å²) in [5.74, 6) is 2.92. The smallest absolute Gasteiger partial charge is 0.208 e. The van der Waals surface area contributed by atoms with Crippen LogP contribution in [0.15, 0.2) is 53.7 Å². The Morgan fingerprint density at radius 3 is 2.58 bits per heavy atom. The number of nitrogens with one attached hydrogen (secondary N) is 1. The zero-order valence-corrected chi connectivity index (χ0v) is 14.6. The van der Waals surface area contributed by atoms with E-state index in [2.05, 4.69) is 15.2 Å². The molecule has 0 amide bonds. The standard InChI is InChI=1S/C17H16ClN3O2S/c1-22-14-4-2-3-5-15(14)23-10-11-24-17-19-16(20-21-17)12-6-8-13(18)9-7-12/h2-9H,10-11H2,1H3,(H,19,20,21). The maximum absolute atomic E-state index is 5.89. The predicted octanol–water partition coefficient (Wildman–Crippen LogP) is 4.30. The van der Waals surface area contributed by atoms with E-state index in [1.807, 2.05) is 48.5 Å². The van der Waals surface area contributed by atoms with E-state index in [1.165, 1.54) is 11.8 Å². The van der Waals surface area contributed by atoms with Crippen molar-refractivity contribution in [3.05, 3.63) is 53.6 Å². The van der Waals surface area contributed by atoms with E-state index in [-0.39, 0.29) is 0 Å². The molecule has 0 aliphatic heterocycles. The third-order valence-electron chi connectivity index (χ3n) is 3.22. The van der Waals surface area contributed by atoms with Crippen molar-refractivity contribution in [2.45, 2.75) is 5.16 Å². The van der Waals surface area contributed by atoms with Crippen LogP contribution in [0.1, 0.15) is 0 Å². The highest BCUT2D eigenvalue weighted by Crippen LogP contribution is 2.26. The van der Waals surface area contributed by atoms with Crippen LogP contribution in [0.5, 0.6) is 11.5 Å². The van der Waals surface area contributed by atoms with Crippen LogP contribution in [-0.4, -0.2) is 34.7 Å². The number of aromatic amines is 1. The topological polar surface area (TPSA) is 60.0 Å². The number of ether oxygens (including phenoxy) is 2. The molecule has 2 aromatic carbocycles. The Kier molecular flexibility index (Phi) is 5.61. The molecule has 5 nitrogen and oxygen atoms in total. The number of nitrogens with zero attached hydrogens (tertiary/aromatic N) is 2. The normalized spacial score (nSPS) is 10.6. The van der Waals surface area contributed by atoms with Gasteiger partial charge in [-0.2, -0.15) is 0 Å². The van der Waals surface area contributed by atoms with Crippen LogP contribution in [0.2, 0.25) is 5.02 Å². The molecule has 0 aliphatic rings. The van der Waals surface area contributed by atoms with Gasteiger partial charge >= 0.3 is 0 Å². The van der Waals surface area contributed by atoms with Crippen LogP contribution in [0.3, 0.4) is 0 Å². The van der Waals surface area contributed by atoms with E-state index < -0.39 is 0 Å². The number of H-pyrrole nitrogens is 1. The van der Waals surface area contributed by atoms with Gasteiger partial charge in [-0.05, 0) is 36.4 Å². The minimum atomic E-state index is 0.538. The number of benzene rings is 2. The summed E-state index contributed by atoms with van der Waals surface area (Å²) in [4.78, 5) is 4.46.